The summed E-state index contributed by atoms with van der Waals surface area (Å²) in [6.45, 7) is 3.61. The lowest BCUT2D eigenvalue weighted by Gasteiger charge is -2.08. The number of carbonyl (C=O) groups excluding carboxylic acids is 1. The Labute approximate surface area is 143 Å². The molecule has 6 heteroatoms. The zero-order valence-electron chi connectivity index (χ0n) is 13.8. The molecule has 0 unspecified atom stereocenters. The fraction of sp³-hybridized carbons (Fsp3) is 0.263. The van der Waals surface area contributed by atoms with Crippen LogP contribution in [-0.2, 0) is 11.3 Å². The molecule has 0 aliphatic rings. The Bertz CT molecular complexity index is 932. The van der Waals surface area contributed by atoms with E-state index in [0.29, 0.717) is 16.6 Å². The van der Waals surface area contributed by atoms with Gasteiger partial charge in [-0.05, 0) is 17.7 Å². The average Bonchev–Trinajstić information content (AvgIpc) is 2.90. The first-order valence-corrected chi connectivity index (χ1v) is 7.92. The van der Waals surface area contributed by atoms with Crippen LogP contribution in [0.25, 0.3) is 22.2 Å². The fourth-order valence-electron chi connectivity index (χ4n) is 2.62. The van der Waals surface area contributed by atoms with Crippen LogP contribution in [0.15, 0.2) is 42.7 Å². The van der Waals surface area contributed by atoms with Gasteiger partial charge in [-0.15, -0.1) is 0 Å². The molecule has 1 aromatic carbocycles. The number of Topliss-reactive ketones (excluding diaryl/α,β-unsaturated/α-hetero) is 1. The summed E-state index contributed by atoms with van der Waals surface area (Å²) in [7, 11) is 0. The van der Waals surface area contributed by atoms with Crippen LogP contribution in [0.4, 0.5) is 13.2 Å². The van der Waals surface area contributed by atoms with Crippen LogP contribution in [0, 0.1) is 11.7 Å². The lowest BCUT2D eigenvalue weighted by molar-refractivity contribution is -0.122. The minimum absolute atomic E-state index is 0.0259. The summed E-state index contributed by atoms with van der Waals surface area (Å²) < 4.78 is 41.4. The van der Waals surface area contributed by atoms with E-state index in [9.17, 15) is 18.0 Å². The van der Waals surface area contributed by atoms with E-state index >= 15 is 0 Å². The number of fused-ring (bicyclic) bond motifs is 1. The third-order valence-corrected chi connectivity index (χ3v) is 4.11. The summed E-state index contributed by atoms with van der Waals surface area (Å²) in [4.78, 5) is 16.1. The molecule has 3 aromatic rings. The topological polar surface area (TPSA) is 34.9 Å². The van der Waals surface area contributed by atoms with Crippen molar-refractivity contribution in [1.82, 2.24) is 9.55 Å². The number of hydrogen-bond donors (Lipinski definition) is 0. The van der Waals surface area contributed by atoms with E-state index in [4.69, 9.17) is 0 Å². The van der Waals surface area contributed by atoms with Crippen LogP contribution in [0.5, 0.6) is 0 Å². The Balaban J connectivity index is 2.07. The van der Waals surface area contributed by atoms with Gasteiger partial charge in [0.15, 0.2) is 11.6 Å². The average molecular weight is 346 g/mol. The first-order chi connectivity index (χ1) is 11.9. The van der Waals surface area contributed by atoms with Crippen molar-refractivity contribution in [2.75, 3.05) is 0 Å². The molecule has 25 heavy (non-hydrogen) atoms. The molecule has 2 heterocycles. The van der Waals surface area contributed by atoms with Crippen molar-refractivity contribution >= 4 is 16.8 Å². The molecule has 0 bridgehead atoms. The van der Waals surface area contributed by atoms with E-state index in [2.05, 4.69) is 4.98 Å². The van der Waals surface area contributed by atoms with Gasteiger partial charge in [0.05, 0.1) is 12.1 Å². The van der Waals surface area contributed by atoms with Crippen LogP contribution >= 0.6 is 0 Å². The van der Waals surface area contributed by atoms with Crippen molar-refractivity contribution < 1.29 is 18.0 Å². The van der Waals surface area contributed by atoms with Crippen molar-refractivity contribution in [2.45, 2.75) is 26.8 Å². The van der Waals surface area contributed by atoms with Gasteiger partial charge in [0.25, 0.3) is 6.43 Å². The van der Waals surface area contributed by atoms with Gasteiger partial charge in [-0.25, -0.2) is 13.2 Å². The molecule has 0 saturated heterocycles. The SMILES string of the molecule is CC(C)C(=O)Cn1cc(F)c2ncc(-c3cccc(C(F)F)c3)cc21. The normalized spacial score (nSPS) is 11.6. The second-order valence-electron chi connectivity index (χ2n) is 6.24. The molecule has 0 aliphatic carbocycles. The number of nitrogens with zero attached hydrogens (tertiary/aromatic N) is 2. The van der Waals surface area contributed by atoms with Crippen LogP contribution in [-0.4, -0.2) is 15.3 Å². The van der Waals surface area contributed by atoms with Crippen LogP contribution in [0.3, 0.4) is 0 Å². The monoisotopic (exact) mass is 346 g/mol. The summed E-state index contributed by atoms with van der Waals surface area (Å²) in [5.74, 6) is -0.708. The first kappa shape index (κ1) is 17.2. The molecule has 0 spiro atoms. The van der Waals surface area contributed by atoms with Crippen LogP contribution in [0.1, 0.15) is 25.8 Å². The Hall–Kier alpha value is -2.63. The highest BCUT2D eigenvalue weighted by molar-refractivity contribution is 5.85. The van der Waals surface area contributed by atoms with Gasteiger partial charge in [-0.3, -0.25) is 9.78 Å². The number of pyridine rings is 1. The van der Waals surface area contributed by atoms with Crippen molar-refractivity contribution in [3.05, 3.63) is 54.1 Å². The predicted octanol–water partition coefficient (Wildman–Crippen LogP) is 5.01. The molecule has 3 nitrogen and oxygen atoms in total. The number of halogens is 3. The molecule has 3 rings (SSSR count). The maximum absolute atomic E-state index is 14.1. The van der Waals surface area contributed by atoms with E-state index in [1.807, 2.05) is 0 Å². The van der Waals surface area contributed by atoms with E-state index in [1.165, 1.54) is 29.1 Å². The molecule has 0 atom stereocenters. The summed E-state index contributed by atoms with van der Waals surface area (Å²) in [6.07, 6.45) is 0.128. The van der Waals surface area contributed by atoms with Gasteiger partial charge in [-0.1, -0.05) is 32.0 Å². The van der Waals surface area contributed by atoms with Gasteiger partial charge >= 0.3 is 0 Å². The number of rotatable bonds is 5. The third kappa shape index (κ3) is 3.43. The molecular formula is C19H17F3N2O. The van der Waals surface area contributed by atoms with Gasteiger partial charge in [-0.2, -0.15) is 0 Å². The molecule has 0 radical (unpaired) electrons. The number of hydrogen-bond acceptors (Lipinski definition) is 2. The minimum Gasteiger partial charge on any atom is -0.336 e. The highest BCUT2D eigenvalue weighted by Gasteiger charge is 2.16. The number of benzene rings is 1. The van der Waals surface area contributed by atoms with Crippen molar-refractivity contribution in [1.29, 1.82) is 0 Å². The Morgan fingerprint density at radius 3 is 2.64 bits per heavy atom. The molecule has 2 aromatic heterocycles. The summed E-state index contributed by atoms with van der Waals surface area (Å²) in [6, 6.07) is 7.64. The zero-order valence-corrected chi connectivity index (χ0v) is 13.8. The maximum Gasteiger partial charge on any atom is 0.263 e. The molecule has 130 valence electrons. The highest BCUT2D eigenvalue weighted by atomic mass is 19.3. The smallest absolute Gasteiger partial charge is 0.263 e. The lowest BCUT2D eigenvalue weighted by Crippen LogP contribution is -2.14. The second-order valence-corrected chi connectivity index (χ2v) is 6.24. The van der Waals surface area contributed by atoms with Crippen molar-refractivity contribution in [2.24, 2.45) is 5.92 Å². The summed E-state index contributed by atoms with van der Waals surface area (Å²) in [5, 5.41) is 0. The number of alkyl halides is 2. The van der Waals surface area contributed by atoms with E-state index in [1.54, 1.807) is 32.0 Å². The number of aromatic nitrogens is 2. The molecular weight excluding hydrogens is 329 g/mol. The van der Waals surface area contributed by atoms with Gasteiger partial charge < -0.3 is 4.57 Å². The van der Waals surface area contributed by atoms with E-state index < -0.39 is 12.2 Å². The number of carbonyl (C=O) groups is 1. The number of ketones is 1. The van der Waals surface area contributed by atoms with Gasteiger partial charge in [0.1, 0.15) is 5.52 Å². The highest BCUT2D eigenvalue weighted by Crippen LogP contribution is 2.28. The molecule has 0 fully saturated rings. The minimum atomic E-state index is -2.57. The molecule has 0 N–H and O–H groups in total. The molecule has 0 amide bonds. The second kappa shape index (κ2) is 6.70. The maximum atomic E-state index is 14.1. The van der Waals surface area contributed by atoms with Gasteiger partial charge in [0, 0.05) is 29.4 Å². The molecule has 0 aliphatic heterocycles. The van der Waals surface area contributed by atoms with E-state index in [-0.39, 0.29) is 29.3 Å². The predicted molar refractivity (Wildman–Crippen MR) is 89.9 cm³/mol. The Morgan fingerprint density at radius 1 is 1.20 bits per heavy atom. The van der Waals surface area contributed by atoms with Gasteiger partial charge in [0.2, 0.25) is 0 Å². The third-order valence-electron chi connectivity index (χ3n) is 4.11. The zero-order chi connectivity index (χ0) is 18.1. The quantitative estimate of drug-likeness (QED) is 0.651. The summed E-state index contributed by atoms with van der Waals surface area (Å²) >= 11 is 0. The lowest BCUT2D eigenvalue weighted by atomic mass is 10.0. The fourth-order valence-corrected chi connectivity index (χ4v) is 2.62. The van der Waals surface area contributed by atoms with E-state index in [0.717, 1.165) is 0 Å². The summed E-state index contributed by atoms with van der Waals surface area (Å²) in [5.41, 5.74) is 1.69. The van der Waals surface area contributed by atoms with Crippen LogP contribution in [0.2, 0.25) is 0 Å². The molecule has 0 saturated carbocycles. The van der Waals surface area contributed by atoms with Crippen molar-refractivity contribution in [3.8, 4) is 11.1 Å². The largest absolute Gasteiger partial charge is 0.336 e. The Morgan fingerprint density at radius 2 is 1.96 bits per heavy atom. The van der Waals surface area contributed by atoms with Crippen LogP contribution < -0.4 is 0 Å². The Kier molecular flexibility index (Phi) is 4.61. The standard InChI is InChI=1S/C19H17F3N2O/c1-11(2)17(25)10-24-9-15(20)18-16(24)7-14(8-23-18)12-4-3-5-13(6-12)19(21)22/h3-9,11,19H,10H2,1-2H3. The first-order valence-electron chi connectivity index (χ1n) is 7.92. The van der Waals surface area contributed by atoms with Crippen molar-refractivity contribution in [3.63, 3.8) is 0 Å².